The molecule has 0 spiro atoms. The minimum absolute atomic E-state index is 0.181. The number of sulfonamides is 1. The van der Waals surface area contributed by atoms with E-state index in [2.05, 4.69) is 0 Å². The zero-order valence-electron chi connectivity index (χ0n) is 12.4. The van der Waals surface area contributed by atoms with Crippen molar-refractivity contribution in [1.29, 1.82) is 0 Å². The molecule has 0 radical (unpaired) electrons. The number of anilines is 1. The van der Waals surface area contributed by atoms with E-state index in [9.17, 15) is 13.5 Å². The van der Waals surface area contributed by atoms with Gasteiger partial charge in [0, 0.05) is 0 Å². The van der Waals surface area contributed by atoms with Crippen LogP contribution in [-0.2, 0) is 16.4 Å². The Hall–Kier alpha value is -1.85. The monoisotopic (exact) mass is 317 g/mol. The number of rotatable bonds is 3. The lowest BCUT2D eigenvalue weighted by Crippen LogP contribution is -2.45. The van der Waals surface area contributed by atoms with E-state index in [1.165, 1.54) is 4.31 Å². The molecule has 1 atom stereocenters. The average Bonchev–Trinajstić information content (AvgIpc) is 2.54. The molecule has 0 aromatic heterocycles. The van der Waals surface area contributed by atoms with Crippen molar-refractivity contribution < 1.29 is 13.5 Å². The molecule has 22 heavy (non-hydrogen) atoms. The molecule has 1 heterocycles. The number of aliphatic hydroxyl groups excluding tert-OH is 1. The van der Waals surface area contributed by atoms with Gasteiger partial charge in [0.05, 0.1) is 23.2 Å². The van der Waals surface area contributed by atoms with Gasteiger partial charge in [-0.1, -0.05) is 35.9 Å². The lowest BCUT2D eigenvalue weighted by Gasteiger charge is -2.36. The third-order valence-corrected chi connectivity index (χ3v) is 5.98. The molecule has 0 saturated heterocycles. The molecular weight excluding hydrogens is 298 g/mol. The highest BCUT2D eigenvalue weighted by atomic mass is 32.2. The van der Waals surface area contributed by atoms with E-state index in [1.54, 1.807) is 24.3 Å². The summed E-state index contributed by atoms with van der Waals surface area (Å²) in [6.07, 6.45) is 1.40. The van der Waals surface area contributed by atoms with Gasteiger partial charge in [0.15, 0.2) is 0 Å². The molecule has 1 unspecified atom stereocenters. The summed E-state index contributed by atoms with van der Waals surface area (Å²) < 4.78 is 27.5. The SMILES string of the molecule is Cc1ccc(S(=O)(=O)N2c3ccccc3CCC2CO)cc1. The summed E-state index contributed by atoms with van der Waals surface area (Å²) in [5, 5.41) is 9.64. The molecule has 0 amide bonds. The Morgan fingerprint density at radius 2 is 1.82 bits per heavy atom. The summed E-state index contributed by atoms with van der Waals surface area (Å²) >= 11 is 0. The standard InChI is InChI=1S/C17H19NO3S/c1-13-6-10-16(11-7-13)22(20,21)18-15(12-19)9-8-14-4-2-3-5-17(14)18/h2-7,10-11,15,19H,8-9,12H2,1H3. The molecule has 3 rings (SSSR count). The number of para-hydroxylation sites is 1. The minimum Gasteiger partial charge on any atom is -0.394 e. The molecule has 0 saturated carbocycles. The van der Waals surface area contributed by atoms with E-state index in [0.717, 1.165) is 17.5 Å². The molecule has 2 aromatic carbocycles. The molecule has 0 bridgehead atoms. The van der Waals surface area contributed by atoms with Crippen molar-refractivity contribution in [3.05, 3.63) is 59.7 Å². The highest BCUT2D eigenvalue weighted by Crippen LogP contribution is 2.35. The highest BCUT2D eigenvalue weighted by Gasteiger charge is 2.35. The molecular formula is C17H19NO3S. The maximum absolute atomic E-state index is 13.0. The summed E-state index contributed by atoms with van der Waals surface area (Å²) in [6, 6.07) is 13.9. The summed E-state index contributed by atoms with van der Waals surface area (Å²) in [4.78, 5) is 0.258. The first kappa shape index (κ1) is 15.1. The zero-order valence-corrected chi connectivity index (χ0v) is 13.3. The Bertz CT molecular complexity index is 769. The van der Waals surface area contributed by atoms with Crippen molar-refractivity contribution in [1.82, 2.24) is 0 Å². The van der Waals surface area contributed by atoms with E-state index in [0.29, 0.717) is 12.1 Å². The normalized spacial score (nSPS) is 18.1. The summed E-state index contributed by atoms with van der Waals surface area (Å²) in [7, 11) is -3.68. The van der Waals surface area contributed by atoms with E-state index >= 15 is 0 Å². The van der Waals surface area contributed by atoms with Crippen molar-refractivity contribution in [2.45, 2.75) is 30.7 Å². The minimum atomic E-state index is -3.68. The molecule has 1 N–H and O–H groups in total. The summed E-state index contributed by atoms with van der Waals surface area (Å²) in [5.41, 5.74) is 2.69. The Balaban J connectivity index is 2.13. The fourth-order valence-corrected chi connectivity index (χ4v) is 4.60. The zero-order chi connectivity index (χ0) is 15.7. The fourth-order valence-electron chi connectivity index (χ4n) is 2.89. The van der Waals surface area contributed by atoms with Gasteiger partial charge in [0.1, 0.15) is 0 Å². The third-order valence-electron chi connectivity index (χ3n) is 4.10. The van der Waals surface area contributed by atoms with Crippen LogP contribution in [-0.4, -0.2) is 26.2 Å². The number of fused-ring (bicyclic) bond motifs is 1. The smallest absolute Gasteiger partial charge is 0.264 e. The summed E-state index contributed by atoms with van der Waals surface area (Å²) in [6.45, 7) is 1.74. The molecule has 1 aliphatic heterocycles. The van der Waals surface area contributed by atoms with Crippen molar-refractivity contribution in [2.24, 2.45) is 0 Å². The predicted molar refractivity (Wildman–Crippen MR) is 86.5 cm³/mol. The molecule has 5 heteroatoms. The van der Waals surface area contributed by atoms with Crippen molar-refractivity contribution >= 4 is 15.7 Å². The Labute approximate surface area is 131 Å². The van der Waals surface area contributed by atoms with Crippen LogP contribution in [0.5, 0.6) is 0 Å². The maximum Gasteiger partial charge on any atom is 0.264 e. The van der Waals surface area contributed by atoms with Gasteiger partial charge >= 0.3 is 0 Å². The third kappa shape index (κ3) is 2.51. The number of aliphatic hydroxyl groups is 1. The second-order valence-corrected chi connectivity index (χ2v) is 7.43. The number of hydrogen-bond acceptors (Lipinski definition) is 3. The quantitative estimate of drug-likeness (QED) is 0.946. The van der Waals surface area contributed by atoms with E-state index in [-0.39, 0.29) is 11.5 Å². The van der Waals surface area contributed by atoms with Crippen LogP contribution in [0.4, 0.5) is 5.69 Å². The molecule has 4 nitrogen and oxygen atoms in total. The lowest BCUT2D eigenvalue weighted by molar-refractivity contribution is 0.258. The second-order valence-electron chi connectivity index (χ2n) is 5.62. The maximum atomic E-state index is 13.0. The first-order valence-electron chi connectivity index (χ1n) is 7.34. The lowest BCUT2D eigenvalue weighted by atomic mass is 9.99. The Morgan fingerprint density at radius 3 is 2.50 bits per heavy atom. The van der Waals surface area contributed by atoms with Gasteiger partial charge in [-0.15, -0.1) is 0 Å². The Kier molecular flexibility index (Phi) is 3.93. The van der Waals surface area contributed by atoms with Crippen molar-refractivity contribution in [2.75, 3.05) is 10.9 Å². The number of hydrogen-bond donors (Lipinski definition) is 1. The van der Waals surface area contributed by atoms with Crippen LogP contribution in [0.15, 0.2) is 53.4 Å². The van der Waals surface area contributed by atoms with Crippen LogP contribution >= 0.6 is 0 Å². The molecule has 0 fully saturated rings. The van der Waals surface area contributed by atoms with E-state index in [4.69, 9.17) is 0 Å². The van der Waals surface area contributed by atoms with E-state index in [1.807, 2.05) is 31.2 Å². The Morgan fingerprint density at radius 1 is 1.14 bits per heavy atom. The predicted octanol–water partition coefficient (Wildman–Crippen LogP) is 2.50. The van der Waals surface area contributed by atoms with Gasteiger partial charge in [-0.2, -0.15) is 0 Å². The van der Waals surface area contributed by atoms with Gasteiger partial charge in [-0.25, -0.2) is 8.42 Å². The van der Waals surface area contributed by atoms with Crippen molar-refractivity contribution in [3.63, 3.8) is 0 Å². The van der Waals surface area contributed by atoms with Crippen LogP contribution < -0.4 is 4.31 Å². The largest absolute Gasteiger partial charge is 0.394 e. The van der Waals surface area contributed by atoms with Gasteiger partial charge in [0.2, 0.25) is 0 Å². The number of nitrogens with zero attached hydrogens (tertiary/aromatic N) is 1. The average molecular weight is 317 g/mol. The highest BCUT2D eigenvalue weighted by molar-refractivity contribution is 7.92. The van der Waals surface area contributed by atoms with Crippen molar-refractivity contribution in [3.8, 4) is 0 Å². The first-order valence-corrected chi connectivity index (χ1v) is 8.78. The van der Waals surface area contributed by atoms with Crippen LogP contribution in [0.25, 0.3) is 0 Å². The van der Waals surface area contributed by atoms with Gasteiger partial charge in [-0.05, 0) is 43.5 Å². The molecule has 0 aliphatic carbocycles. The molecule has 116 valence electrons. The molecule has 2 aromatic rings. The number of aryl methyl sites for hydroxylation is 2. The van der Waals surface area contributed by atoms with Crippen LogP contribution in [0.2, 0.25) is 0 Å². The van der Waals surface area contributed by atoms with Gasteiger partial charge in [0.25, 0.3) is 10.0 Å². The van der Waals surface area contributed by atoms with Crippen LogP contribution in [0.1, 0.15) is 17.5 Å². The topological polar surface area (TPSA) is 57.6 Å². The summed E-state index contributed by atoms with van der Waals surface area (Å²) in [5.74, 6) is 0. The first-order chi connectivity index (χ1) is 10.5. The van der Waals surface area contributed by atoms with Gasteiger partial charge < -0.3 is 5.11 Å². The van der Waals surface area contributed by atoms with Crippen LogP contribution in [0, 0.1) is 6.92 Å². The number of benzene rings is 2. The van der Waals surface area contributed by atoms with Gasteiger partial charge in [-0.3, -0.25) is 4.31 Å². The van der Waals surface area contributed by atoms with Crippen LogP contribution in [0.3, 0.4) is 0 Å². The second kappa shape index (κ2) is 5.74. The molecule has 1 aliphatic rings. The van der Waals surface area contributed by atoms with E-state index < -0.39 is 16.1 Å². The fraction of sp³-hybridized carbons (Fsp3) is 0.294.